The van der Waals surface area contributed by atoms with Crippen LogP contribution >= 0.6 is 0 Å². The van der Waals surface area contributed by atoms with Gasteiger partial charge in [-0.25, -0.2) is 0 Å². The van der Waals surface area contributed by atoms with E-state index in [2.05, 4.69) is 26.1 Å². The van der Waals surface area contributed by atoms with E-state index in [1.807, 2.05) is 0 Å². The first-order chi connectivity index (χ1) is 5.22. The van der Waals surface area contributed by atoms with Crippen LogP contribution in [-0.2, 0) is 4.74 Å². The van der Waals surface area contributed by atoms with E-state index < -0.39 is 0 Å². The molecule has 0 spiro atoms. The number of methoxy groups -OCH3 is 1. The van der Waals surface area contributed by atoms with Gasteiger partial charge in [0.2, 0.25) is 0 Å². The van der Waals surface area contributed by atoms with Gasteiger partial charge in [0.05, 0.1) is 0 Å². The van der Waals surface area contributed by atoms with E-state index in [1.165, 1.54) is 0 Å². The third kappa shape index (κ3) is 5.22. The Balaban J connectivity index is 3.38. The largest absolute Gasteiger partial charge is 0.384 e. The summed E-state index contributed by atoms with van der Waals surface area (Å²) < 4.78 is 5.08. The van der Waals surface area contributed by atoms with Gasteiger partial charge >= 0.3 is 0 Å². The molecule has 0 radical (unpaired) electrons. The van der Waals surface area contributed by atoms with Crippen molar-refractivity contribution in [3.05, 3.63) is 0 Å². The third-order valence-corrected chi connectivity index (χ3v) is 2.12. The van der Waals surface area contributed by atoms with Crippen molar-refractivity contribution in [2.45, 2.75) is 20.8 Å². The van der Waals surface area contributed by atoms with Crippen LogP contribution in [0.5, 0.6) is 0 Å². The Morgan fingerprint density at radius 1 is 1.27 bits per heavy atom. The Morgan fingerprint density at radius 2 is 1.91 bits per heavy atom. The highest BCUT2D eigenvalue weighted by Crippen LogP contribution is 2.09. The highest BCUT2D eigenvalue weighted by molar-refractivity contribution is 4.63. The van der Waals surface area contributed by atoms with Gasteiger partial charge in [0.25, 0.3) is 0 Å². The van der Waals surface area contributed by atoms with Crippen LogP contribution in [0.4, 0.5) is 0 Å². The molecule has 0 saturated heterocycles. The number of ether oxygens (including phenoxy) is 1. The molecular weight excluding hydrogens is 138 g/mol. The van der Waals surface area contributed by atoms with Gasteiger partial charge in [0, 0.05) is 13.7 Å². The Morgan fingerprint density at radius 3 is 2.36 bits per heavy atom. The van der Waals surface area contributed by atoms with Gasteiger partial charge in [-0.2, -0.15) is 0 Å². The second-order valence-corrected chi connectivity index (χ2v) is 3.22. The molecular formula is C9H21NO. The van der Waals surface area contributed by atoms with Crippen LogP contribution in [0.3, 0.4) is 0 Å². The monoisotopic (exact) mass is 159 g/mol. The quantitative estimate of drug-likeness (QED) is 0.634. The predicted molar refractivity (Wildman–Crippen MR) is 48.7 cm³/mol. The summed E-state index contributed by atoms with van der Waals surface area (Å²) in [6.45, 7) is 9.64. The standard InChI is InChI=1S/C9H21NO/c1-5-10-6-8(2)9(3)7-11-4/h8-10H,5-7H2,1-4H3. The Kier molecular flexibility index (Phi) is 6.57. The average molecular weight is 159 g/mol. The number of rotatable bonds is 6. The second-order valence-electron chi connectivity index (χ2n) is 3.22. The topological polar surface area (TPSA) is 21.3 Å². The molecule has 0 saturated carbocycles. The SMILES string of the molecule is CCNCC(C)C(C)COC. The Labute approximate surface area is 70.3 Å². The zero-order valence-corrected chi connectivity index (χ0v) is 8.18. The minimum absolute atomic E-state index is 0.652. The summed E-state index contributed by atoms with van der Waals surface area (Å²) in [7, 11) is 1.76. The molecule has 0 aliphatic carbocycles. The second kappa shape index (κ2) is 6.62. The van der Waals surface area contributed by atoms with Crippen molar-refractivity contribution >= 4 is 0 Å². The maximum absolute atomic E-state index is 5.08. The molecule has 0 aliphatic rings. The minimum Gasteiger partial charge on any atom is -0.384 e. The van der Waals surface area contributed by atoms with Gasteiger partial charge in [-0.3, -0.25) is 0 Å². The van der Waals surface area contributed by atoms with Crippen LogP contribution in [0.15, 0.2) is 0 Å². The maximum atomic E-state index is 5.08. The molecule has 1 N–H and O–H groups in total. The lowest BCUT2D eigenvalue weighted by Crippen LogP contribution is -2.26. The summed E-state index contributed by atoms with van der Waals surface area (Å²) >= 11 is 0. The first-order valence-electron chi connectivity index (χ1n) is 4.42. The van der Waals surface area contributed by atoms with Crippen LogP contribution in [0.2, 0.25) is 0 Å². The summed E-state index contributed by atoms with van der Waals surface area (Å²) in [4.78, 5) is 0. The molecule has 0 heterocycles. The lowest BCUT2D eigenvalue weighted by molar-refractivity contribution is 0.133. The van der Waals surface area contributed by atoms with Crippen LogP contribution in [0.25, 0.3) is 0 Å². The summed E-state index contributed by atoms with van der Waals surface area (Å²) in [5.74, 6) is 1.36. The van der Waals surface area contributed by atoms with Crippen molar-refractivity contribution in [2.24, 2.45) is 11.8 Å². The van der Waals surface area contributed by atoms with Crippen molar-refractivity contribution in [3.63, 3.8) is 0 Å². The number of hydrogen-bond acceptors (Lipinski definition) is 2. The van der Waals surface area contributed by atoms with Gasteiger partial charge in [-0.05, 0) is 24.9 Å². The molecule has 2 nitrogen and oxygen atoms in total. The minimum atomic E-state index is 0.652. The molecule has 0 rings (SSSR count). The molecule has 0 aromatic rings. The zero-order valence-electron chi connectivity index (χ0n) is 8.18. The number of hydrogen-bond donors (Lipinski definition) is 1. The molecule has 11 heavy (non-hydrogen) atoms. The van der Waals surface area contributed by atoms with E-state index in [1.54, 1.807) is 7.11 Å². The van der Waals surface area contributed by atoms with E-state index >= 15 is 0 Å². The lowest BCUT2D eigenvalue weighted by atomic mass is 9.97. The molecule has 2 unspecified atom stereocenters. The molecule has 0 bridgehead atoms. The Hall–Kier alpha value is -0.0800. The third-order valence-electron chi connectivity index (χ3n) is 2.12. The highest BCUT2D eigenvalue weighted by Gasteiger charge is 2.10. The average Bonchev–Trinajstić information content (AvgIpc) is 2.00. The lowest BCUT2D eigenvalue weighted by Gasteiger charge is -2.18. The van der Waals surface area contributed by atoms with Gasteiger partial charge < -0.3 is 10.1 Å². The highest BCUT2D eigenvalue weighted by atomic mass is 16.5. The summed E-state index contributed by atoms with van der Waals surface area (Å²) in [5.41, 5.74) is 0. The molecule has 0 fully saturated rings. The van der Waals surface area contributed by atoms with Crippen LogP contribution < -0.4 is 5.32 Å². The number of nitrogens with one attached hydrogen (secondary N) is 1. The van der Waals surface area contributed by atoms with Gasteiger partial charge in [0.15, 0.2) is 0 Å². The van der Waals surface area contributed by atoms with E-state index in [4.69, 9.17) is 4.74 Å². The maximum Gasteiger partial charge on any atom is 0.0490 e. The van der Waals surface area contributed by atoms with Gasteiger partial charge in [-0.15, -0.1) is 0 Å². The summed E-state index contributed by atoms with van der Waals surface area (Å²) in [6.07, 6.45) is 0. The van der Waals surface area contributed by atoms with Crippen molar-refractivity contribution < 1.29 is 4.74 Å². The fourth-order valence-electron chi connectivity index (χ4n) is 1.00. The normalized spacial score (nSPS) is 16.4. The first kappa shape index (κ1) is 10.9. The first-order valence-corrected chi connectivity index (χ1v) is 4.42. The van der Waals surface area contributed by atoms with Gasteiger partial charge in [-0.1, -0.05) is 20.8 Å². The van der Waals surface area contributed by atoms with Crippen molar-refractivity contribution in [2.75, 3.05) is 26.8 Å². The summed E-state index contributed by atoms with van der Waals surface area (Å²) in [6, 6.07) is 0. The van der Waals surface area contributed by atoms with E-state index in [9.17, 15) is 0 Å². The molecule has 2 atom stereocenters. The van der Waals surface area contributed by atoms with Crippen LogP contribution in [0.1, 0.15) is 20.8 Å². The van der Waals surface area contributed by atoms with Crippen molar-refractivity contribution in [3.8, 4) is 0 Å². The van der Waals surface area contributed by atoms with Crippen LogP contribution in [-0.4, -0.2) is 26.8 Å². The zero-order chi connectivity index (χ0) is 8.69. The smallest absolute Gasteiger partial charge is 0.0490 e. The fourth-order valence-corrected chi connectivity index (χ4v) is 1.00. The van der Waals surface area contributed by atoms with E-state index in [0.29, 0.717) is 11.8 Å². The molecule has 0 aromatic carbocycles. The molecule has 0 aliphatic heterocycles. The van der Waals surface area contributed by atoms with Crippen molar-refractivity contribution in [1.82, 2.24) is 5.32 Å². The van der Waals surface area contributed by atoms with Crippen LogP contribution in [0, 0.1) is 11.8 Å². The van der Waals surface area contributed by atoms with Gasteiger partial charge in [0.1, 0.15) is 0 Å². The molecule has 0 amide bonds. The van der Waals surface area contributed by atoms with Crippen molar-refractivity contribution in [1.29, 1.82) is 0 Å². The fraction of sp³-hybridized carbons (Fsp3) is 1.00. The predicted octanol–water partition coefficient (Wildman–Crippen LogP) is 1.51. The Bertz CT molecular complexity index is 85.6. The molecule has 68 valence electrons. The molecule has 0 aromatic heterocycles. The van der Waals surface area contributed by atoms with E-state index in [-0.39, 0.29) is 0 Å². The molecule has 2 heteroatoms. The van der Waals surface area contributed by atoms with E-state index in [0.717, 1.165) is 19.7 Å². The summed E-state index contributed by atoms with van der Waals surface area (Å²) in [5, 5.41) is 3.33.